The molecule has 0 aromatic carbocycles. The number of thiophene rings is 1. The van der Waals surface area contributed by atoms with Gasteiger partial charge in [-0.15, -0.1) is 46.7 Å². The Hall–Kier alpha value is -0.190. The number of nitrogens with zero attached hydrogens (tertiary/aromatic N) is 3. The maximum absolute atomic E-state index is 4.38. The number of aromatic nitrogens is 1. The fourth-order valence-corrected chi connectivity index (χ4v) is 4.25. The van der Waals surface area contributed by atoms with Crippen molar-refractivity contribution in [1.82, 2.24) is 15.2 Å². The predicted molar refractivity (Wildman–Crippen MR) is 111 cm³/mol. The van der Waals surface area contributed by atoms with Crippen LogP contribution in [0.3, 0.4) is 0 Å². The first-order valence-corrected chi connectivity index (χ1v) is 9.08. The van der Waals surface area contributed by atoms with Gasteiger partial charge in [0.2, 0.25) is 0 Å². The lowest BCUT2D eigenvalue weighted by atomic mass is 10.4. The summed E-state index contributed by atoms with van der Waals surface area (Å²) in [5.41, 5.74) is 0. The number of rotatable bonds is 5. The minimum atomic E-state index is 0. The van der Waals surface area contributed by atoms with E-state index in [1.807, 2.05) is 13.2 Å². The van der Waals surface area contributed by atoms with E-state index < -0.39 is 0 Å². The normalized spacial score (nSPS) is 11.2. The molecule has 0 radical (unpaired) electrons. The van der Waals surface area contributed by atoms with Gasteiger partial charge >= 0.3 is 0 Å². The monoisotopic (exact) mass is 514 g/mol. The molecule has 0 aliphatic carbocycles. The molecule has 1 N–H and O–H groups in total. The molecule has 2 aromatic heterocycles. The summed E-state index contributed by atoms with van der Waals surface area (Å²) in [6, 6.07) is 4.21. The van der Waals surface area contributed by atoms with Crippen LogP contribution < -0.4 is 5.32 Å². The van der Waals surface area contributed by atoms with Gasteiger partial charge in [0, 0.05) is 43.0 Å². The molecule has 4 nitrogen and oxygen atoms in total. The molecular weight excluding hydrogens is 495 g/mol. The fourth-order valence-electron chi connectivity index (χ4n) is 1.93. The van der Waals surface area contributed by atoms with Crippen LogP contribution in [0.1, 0.15) is 14.8 Å². The maximum Gasteiger partial charge on any atom is 0.193 e. The first-order chi connectivity index (χ1) is 10.1. The number of halogens is 2. The molecule has 0 unspecified atom stereocenters. The van der Waals surface area contributed by atoms with Crippen LogP contribution in [0.2, 0.25) is 0 Å². The predicted octanol–water partition coefficient (Wildman–Crippen LogP) is 4.14. The van der Waals surface area contributed by atoms with Crippen molar-refractivity contribution in [3.05, 3.63) is 36.9 Å². The molecule has 122 valence electrons. The topological polar surface area (TPSA) is 40.5 Å². The van der Waals surface area contributed by atoms with E-state index in [4.69, 9.17) is 0 Å². The average Bonchev–Trinajstić information content (AvgIpc) is 3.03. The Labute approximate surface area is 165 Å². The van der Waals surface area contributed by atoms with Crippen molar-refractivity contribution >= 4 is 68.5 Å². The zero-order valence-electron chi connectivity index (χ0n) is 12.8. The summed E-state index contributed by atoms with van der Waals surface area (Å²) in [6.07, 6.45) is 2.85. The summed E-state index contributed by atoms with van der Waals surface area (Å²) in [7, 11) is 3.87. The number of hydrogen-bond acceptors (Lipinski definition) is 4. The maximum atomic E-state index is 4.38. The average molecular weight is 515 g/mol. The van der Waals surface area contributed by atoms with Crippen LogP contribution in [0.4, 0.5) is 0 Å². The second kappa shape index (κ2) is 9.84. The highest BCUT2D eigenvalue weighted by molar-refractivity contribution is 14.0. The van der Waals surface area contributed by atoms with Crippen molar-refractivity contribution in [2.75, 3.05) is 20.6 Å². The number of aliphatic imine (C=N–C) groups is 1. The number of thiazole rings is 1. The smallest absolute Gasteiger partial charge is 0.193 e. The van der Waals surface area contributed by atoms with Crippen molar-refractivity contribution in [3.63, 3.8) is 0 Å². The molecule has 0 amide bonds. The van der Waals surface area contributed by atoms with Gasteiger partial charge in [0.05, 0.1) is 15.3 Å². The summed E-state index contributed by atoms with van der Waals surface area (Å²) in [6.45, 7) is 3.78. The van der Waals surface area contributed by atoms with Gasteiger partial charge < -0.3 is 10.2 Å². The Morgan fingerprint density at radius 2 is 2.18 bits per heavy atom. The minimum Gasteiger partial charge on any atom is -0.356 e. The van der Waals surface area contributed by atoms with Crippen LogP contribution in [-0.4, -0.2) is 36.5 Å². The minimum absolute atomic E-state index is 0. The Balaban J connectivity index is 0.00000242. The summed E-state index contributed by atoms with van der Waals surface area (Å²) < 4.78 is 1.16. The zero-order valence-corrected chi connectivity index (χ0v) is 18.3. The van der Waals surface area contributed by atoms with Crippen LogP contribution in [0, 0.1) is 6.92 Å². The third-order valence-electron chi connectivity index (χ3n) is 2.89. The van der Waals surface area contributed by atoms with Crippen LogP contribution >= 0.6 is 62.6 Å². The van der Waals surface area contributed by atoms with Crippen molar-refractivity contribution in [2.45, 2.75) is 19.9 Å². The SMILES string of the molecule is CN=C(NCCc1ncc(C)s1)N(C)Cc1ccc(Br)s1.I. The molecule has 22 heavy (non-hydrogen) atoms. The molecule has 0 spiro atoms. The molecule has 0 aliphatic rings. The van der Waals surface area contributed by atoms with Gasteiger partial charge in [0.1, 0.15) is 0 Å². The lowest BCUT2D eigenvalue weighted by Crippen LogP contribution is -2.39. The van der Waals surface area contributed by atoms with Gasteiger partial charge in [-0.2, -0.15) is 0 Å². The Bertz CT molecular complexity index is 612. The van der Waals surface area contributed by atoms with E-state index in [-0.39, 0.29) is 24.0 Å². The summed E-state index contributed by atoms with van der Waals surface area (Å²) >= 11 is 7.00. The molecule has 0 aliphatic heterocycles. The zero-order chi connectivity index (χ0) is 15.2. The van der Waals surface area contributed by atoms with Gasteiger partial charge in [-0.3, -0.25) is 4.99 Å². The van der Waals surface area contributed by atoms with E-state index in [1.54, 1.807) is 22.7 Å². The largest absolute Gasteiger partial charge is 0.356 e. The molecule has 2 aromatic rings. The molecular formula is C14H20BrIN4S2. The van der Waals surface area contributed by atoms with Crippen molar-refractivity contribution in [3.8, 4) is 0 Å². The standard InChI is InChI=1S/C14H19BrN4S2.HI/c1-10-8-18-13(20-10)6-7-17-14(16-2)19(3)9-11-4-5-12(15)21-11;/h4-5,8H,6-7,9H2,1-3H3,(H,16,17);1H. The summed E-state index contributed by atoms with van der Waals surface area (Å²) in [4.78, 5) is 13.4. The summed E-state index contributed by atoms with van der Waals surface area (Å²) in [5, 5.41) is 4.56. The first kappa shape index (κ1) is 19.9. The number of nitrogens with one attached hydrogen (secondary N) is 1. The molecule has 8 heteroatoms. The molecule has 0 fully saturated rings. The molecule has 0 bridgehead atoms. The lowest BCUT2D eigenvalue weighted by Gasteiger charge is -2.21. The number of aryl methyl sites for hydroxylation is 1. The van der Waals surface area contributed by atoms with Gasteiger partial charge in [-0.05, 0) is 35.0 Å². The Morgan fingerprint density at radius 1 is 1.41 bits per heavy atom. The number of guanidine groups is 1. The Morgan fingerprint density at radius 3 is 2.73 bits per heavy atom. The molecule has 0 saturated heterocycles. The van der Waals surface area contributed by atoms with Crippen LogP contribution in [0.25, 0.3) is 0 Å². The van der Waals surface area contributed by atoms with Crippen molar-refractivity contribution in [2.24, 2.45) is 4.99 Å². The van der Waals surface area contributed by atoms with E-state index in [0.29, 0.717) is 0 Å². The molecule has 0 saturated carbocycles. The molecule has 0 atom stereocenters. The van der Waals surface area contributed by atoms with E-state index in [0.717, 1.165) is 29.3 Å². The third kappa shape index (κ3) is 6.13. The fraction of sp³-hybridized carbons (Fsp3) is 0.429. The summed E-state index contributed by atoms with van der Waals surface area (Å²) in [5.74, 6) is 0.910. The van der Waals surface area contributed by atoms with Crippen LogP contribution in [0.5, 0.6) is 0 Å². The molecule has 2 heterocycles. The van der Waals surface area contributed by atoms with E-state index in [9.17, 15) is 0 Å². The van der Waals surface area contributed by atoms with Gasteiger partial charge in [-0.25, -0.2) is 4.98 Å². The highest BCUT2D eigenvalue weighted by Gasteiger charge is 2.08. The second-order valence-electron chi connectivity index (χ2n) is 4.65. The van der Waals surface area contributed by atoms with E-state index >= 15 is 0 Å². The van der Waals surface area contributed by atoms with Crippen molar-refractivity contribution in [1.29, 1.82) is 0 Å². The van der Waals surface area contributed by atoms with Crippen molar-refractivity contribution < 1.29 is 0 Å². The molecule has 2 rings (SSSR count). The highest BCUT2D eigenvalue weighted by atomic mass is 127. The van der Waals surface area contributed by atoms with E-state index in [2.05, 4.69) is 62.2 Å². The van der Waals surface area contributed by atoms with Gasteiger partial charge in [0.25, 0.3) is 0 Å². The quantitative estimate of drug-likeness (QED) is 0.370. The third-order valence-corrected chi connectivity index (χ3v) is 5.47. The highest BCUT2D eigenvalue weighted by Crippen LogP contribution is 2.22. The van der Waals surface area contributed by atoms with Crippen LogP contribution in [-0.2, 0) is 13.0 Å². The van der Waals surface area contributed by atoms with E-state index in [1.165, 1.54) is 14.8 Å². The van der Waals surface area contributed by atoms with Gasteiger partial charge in [-0.1, -0.05) is 0 Å². The second-order valence-corrected chi connectivity index (χ2v) is 8.52. The van der Waals surface area contributed by atoms with Gasteiger partial charge in [0.15, 0.2) is 5.96 Å². The Kier molecular flexibility index (Phi) is 8.88. The lowest BCUT2D eigenvalue weighted by molar-refractivity contribution is 0.482. The first-order valence-electron chi connectivity index (χ1n) is 6.66. The van der Waals surface area contributed by atoms with Crippen LogP contribution in [0.15, 0.2) is 27.1 Å². The number of hydrogen-bond donors (Lipinski definition) is 1.